The molecule has 1 aromatic carbocycles. The molecule has 2 N–H and O–H groups in total. The first-order valence-electron chi connectivity index (χ1n) is 5.56. The number of nitrogens with zero attached hydrogens (tertiary/aromatic N) is 1. The summed E-state index contributed by atoms with van der Waals surface area (Å²) in [4.78, 5) is 5.09. The molecule has 0 aliphatic rings. The van der Waals surface area contributed by atoms with Crippen LogP contribution in [-0.4, -0.2) is 11.5 Å². The SMILES string of the molecule is CCNc1ccc(Cl)cc1NCc1cnc(Cl)s1. The highest BCUT2D eigenvalue weighted by Gasteiger charge is 2.04. The molecule has 0 radical (unpaired) electrons. The van der Waals surface area contributed by atoms with E-state index in [0.717, 1.165) is 22.8 Å². The molecule has 1 aromatic heterocycles. The topological polar surface area (TPSA) is 37.0 Å². The minimum absolute atomic E-state index is 0.560. The van der Waals surface area contributed by atoms with Gasteiger partial charge in [0.05, 0.1) is 17.9 Å². The Bertz CT molecular complexity index is 528. The van der Waals surface area contributed by atoms with Crippen LogP contribution in [0.25, 0.3) is 0 Å². The predicted octanol–water partition coefficient (Wildman–Crippen LogP) is 4.49. The summed E-state index contributed by atoms with van der Waals surface area (Å²) >= 11 is 13.3. The number of aromatic nitrogens is 1. The molecular formula is C12H13Cl2N3S. The normalized spacial score (nSPS) is 10.4. The number of benzene rings is 1. The quantitative estimate of drug-likeness (QED) is 0.854. The number of halogens is 2. The van der Waals surface area contributed by atoms with Crippen LogP contribution in [0.1, 0.15) is 11.8 Å². The summed E-state index contributed by atoms with van der Waals surface area (Å²) in [5.41, 5.74) is 2.02. The molecule has 0 aliphatic carbocycles. The molecule has 2 rings (SSSR count). The van der Waals surface area contributed by atoms with Crippen LogP contribution in [0.15, 0.2) is 24.4 Å². The molecule has 0 amide bonds. The summed E-state index contributed by atoms with van der Waals surface area (Å²) < 4.78 is 0.560. The third-order valence-electron chi connectivity index (χ3n) is 2.33. The van der Waals surface area contributed by atoms with E-state index in [0.29, 0.717) is 16.0 Å². The summed E-state index contributed by atoms with van der Waals surface area (Å²) in [5.74, 6) is 0. The lowest BCUT2D eigenvalue weighted by atomic mass is 10.2. The largest absolute Gasteiger partial charge is 0.384 e. The Morgan fingerprint density at radius 1 is 1.22 bits per heavy atom. The molecule has 0 saturated heterocycles. The zero-order valence-electron chi connectivity index (χ0n) is 9.84. The van der Waals surface area contributed by atoms with E-state index in [-0.39, 0.29) is 0 Å². The van der Waals surface area contributed by atoms with Crippen LogP contribution in [0.4, 0.5) is 11.4 Å². The maximum atomic E-state index is 6.00. The average Bonchev–Trinajstić information content (AvgIpc) is 2.76. The van der Waals surface area contributed by atoms with Crippen molar-refractivity contribution in [1.82, 2.24) is 4.98 Å². The fourth-order valence-corrected chi connectivity index (χ4v) is 2.64. The number of anilines is 2. The second-order valence-electron chi connectivity index (χ2n) is 3.65. The van der Waals surface area contributed by atoms with Gasteiger partial charge in [-0.05, 0) is 25.1 Å². The Morgan fingerprint density at radius 3 is 2.72 bits per heavy atom. The Kier molecular flexibility index (Phi) is 4.69. The summed E-state index contributed by atoms with van der Waals surface area (Å²) in [5, 5.41) is 7.33. The zero-order valence-corrected chi connectivity index (χ0v) is 12.2. The first-order chi connectivity index (χ1) is 8.69. The maximum absolute atomic E-state index is 6.00. The van der Waals surface area contributed by atoms with Gasteiger partial charge in [-0.1, -0.05) is 23.2 Å². The van der Waals surface area contributed by atoms with Gasteiger partial charge >= 0.3 is 0 Å². The van der Waals surface area contributed by atoms with Crippen molar-refractivity contribution < 1.29 is 0 Å². The van der Waals surface area contributed by atoms with Gasteiger partial charge in [0.2, 0.25) is 0 Å². The van der Waals surface area contributed by atoms with Crippen molar-refractivity contribution in [2.24, 2.45) is 0 Å². The van der Waals surface area contributed by atoms with Gasteiger partial charge in [0, 0.05) is 22.6 Å². The Morgan fingerprint density at radius 2 is 2.06 bits per heavy atom. The van der Waals surface area contributed by atoms with Crippen LogP contribution >= 0.6 is 34.5 Å². The van der Waals surface area contributed by atoms with E-state index < -0.39 is 0 Å². The maximum Gasteiger partial charge on any atom is 0.183 e. The van der Waals surface area contributed by atoms with Gasteiger partial charge < -0.3 is 10.6 Å². The van der Waals surface area contributed by atoms with Crippen LogP contribution in [-0.2, 0) is 6.54 Å². The van der Waals surface area contributed by atoms with E-state index in [1.54, 1.807) is 6.20 Å². The summed E-state index contributed by atoms with van der Waals surface area (Å²) in [6.45, 7) is 3.60. The number of hydrogen-bond acceptors (Lipinski definition) is 4. The molecule has 0 atom stereocenters. The van der Waals surface area contributed by atoms with Crippen molar-refractivity contribution in [2.45, 2.75) is 13.5 Å². The molecule has 3 nitrogen and oxygen atoms in total. The molecule has 18 heavy (non-hydrogen) atoms. The lowest BCUT2D eigenvalue weighted by Crippen LogP contribution is -2.04. The van der Waals surface area contributed by atoms with E-state index in [1.165, 1.54) is 11.3 Å². The minimum atomic E-state index is 0.560. The van der Waals surface area contributed by atoms with E-state index in [1.807, 2.05) is 18.2 Å². The molecule has 1 heterocycles. The van der Waals surface area contributed by atoms with E-state index in [2.05, 4.69) is 22.5 Å². The second-order valence-corrected chi connectivity index (χ2v) is 5.79. The van der Waals surface area contributed by atoms with Crippen LogP contribution in [0.5, 0.6) is 0 Å². The number of rotatable bonds is 5. The molecule has 0 aliphatic heterocycles. The fraction of sp³-hybridized carbons (Fsp3) is 0.250. The van der Waals surface area contributed by atoms with Crippen LogP contribution in [0.3, 0.4) is 0 Å². The fourth-order valence-electron chi connectivity index (χ4n) is 1.56. The lowest BCUT2D eigenvalue weighted by Gasteiger charge is -2.12. The summed E-state index contributed by atoms with van der Waals surface area (Å²) in [7, 11) is 0. The average molecular weight is 302 g/mol. The highest BCUT2D eigenvalue weighted by Crippen LogP contribution is 2.27. The van der Waals surface area contributed by atoms with Crippen molar-refractivity contribution >= 4 is 45.9 Å². The van der Waals surface area contributed by atoms with Crippen molar-refractivity contribution in [3.05, 3.63) is 38.8 Å². The molecule has 0 bridgehead atoms. The molecule has 96 valence electrons. The molecule has 0 unspecified atom stereocenters. The first kappa shape index (κ1) is 13.5. The van der Waals surface area contributed by atoms with Crippen molar-refractivity contribution in [1.29, 1.82) is 0 Å². The molecule has 0 saturated carbocycles. The van der Waals surface area contributed by atoms with Crippen LogP contribution in [0.2, 0.25) is 9.49 Å². The van der Waals surface area contributed by atoms with Gasteiger partial charge in [-0.3, -0.25) is 0 Å². The first-order valence-corrected chi connectivity index (χ1v) is 7.13. The highest BCUT2D eigenvalue weighted by molar-refractivity contribution is 7.15. The van der Waals surface area contributed by atoms with Gasteiger partial charge in [-0.15, -0.1) is 11.3 Å². The molecule has 0 spiro atoms. The molecule has 6 heteroatoms. The van der Waals surface area contributed by atoms with Gasteiger partial charge in [0.25, 0.3) is 0 Å². The number of hydrogen-bond donors (Lipinski definition) is 2. The van der Waals surface area contributed by atoms with Gasteiger partial charge in [0.1, 0.15) is 0 Å². The summed E-state index contributed by atoms with van der Waals surface area (Å²) in [6.07, 6.45) is 1.78. The Balaban J connectivity index is 2.09. The highest BCUT2D eigenvalue weighted by atomic mass is 35.5. The summed E-state index contributed by atoms with van der Waals surface area (Å²) in [6, 6.07) is 5.74. The van der Waals surface area contributed by atoms with E-state index in [4.69, 9.17) is 23.2 Å². The zero-order chi connectivity index (χ0) is 13.0. The Labute approximate surface area is 120 Å². The van der Waals surface area contributed by atoms with E-state index >= 15 is 0 Å². The standard InChI is InChI=1S/C12H13Cl2N3S/c1-2-15-10-4-3-8(13)5-11(10)16-6-9-7-17-12(14)18-9/h3-5,7,15-16H,2,6H2,1H3. The van der Waals surface area contributed by atoms with Gasteiger partial charge in [0.15, 0.2) is 4.47 Å². The molecule has 2 aromatic rings. The van der Waals surface area contributed by atoms with Crippen LogP contribution < -0.4 is 10.6 Å². The monoisotopic (exact) mass is 301 g/mol. The van der Waals surface area contributed by atoms with Crippen molar-refractivity contribution in [3.8, 4) is 0 Å². The number of thiazole rings is 1. The smallest absolute Gasteiger partial charge is 0.183 e. The lowest BCUT2D eigenvalue weighted by molar-refractivity contribution is 1.16. The third-order valence-corrected chi connectivity index (χ3v) is 3.68. The molecular weight excluding hydrogens is 289 g/mol. The van der Waals surface area contributed by atoms with E-state index in [9.17, 15) is 0 Å². The van der Waals surface area contributed by atoms with Gasteiger partial charge in [-0.2, -0.15) is 0 Å². The second kappa shape index (κ2) is 6.27. The Hall–Kier alpha value is -0.970. The van der Waals surface area contributed by atoms with Crippen molar-refractivity contribution in [3.63, 3.8) is 0 Å². The van der Waals surface area contributed by atoms with Crippen LogP contribution in [0, 0.1) is 0 Å². The van der Waals surface area contributed by atoms with Gasteiger partial charge in [-0.25, -0.2) is 4.98 Å². The number of nitrogens with one attached hydrogen (secondary N) is 2. The predicted molar refractivity (Wildman–Crippen MR) is 80.1 cm³/mol. The van der Waals surface area contributed by atoms with Crippen molar-refractivity contribution in [2.75, 3.05) is 17.2 Å². The third kappa shape index (κ3) is 3.51. The minimum Gasteiger partial charge on any atom is -0.384 e. The molecule has 0 fully saturated rings.